The number of hydrogen-bond acceptors (Lipinski definition) is 4. The number of amides is 2. The Kier molecular flexibility index (Phi) is 4.82. The lowest BCUT2D eigenvalue weighted by molar-refractivity contribution is -0.141. The normalized spacial score (nSPS) is 28.2. The van der Waals surface area contributed by atoms with Crippen molar-refractivity contribution in [2.45, 2.75) is 83.0 Å². The Labute approximate surface area is 153 Å². The molecule has 2 N–H and O–H groups in total. The van der Waals surface area contributed by atoms with Crippen molar-refractivity contribution in [3.8, 4) is 0 Å². The molecule has 1 saturated carbocycles. The highest BCUT2D eigenvalue weighted by Crippen LogP contribution is 2.39. The molecular weight excluding hydrogens is 334 g/mol. The molecule has 4 rings (SSSR count). The highest BCUT2D eigenvalue weighted by Gasteiger charge is 2.47. The van der Waals surface area contributed by atoms with Crippen LogP contribution in [-0.2, 0) is 24.3 Å². The van der Waals surface area contributed by atoms with Crippen molar-refractivity contribution in [2.24, 2.45) is 5.92 Å². The van der Waals surface area contributed by atoms with E-state index in [0.717, 1.165) is 63.1 Å². The smallest absolute Gasteiger partial charge is 0.326 e. The number of carbonyl (C=O) groups excluding carboxylic acids is 1. The Bertz CT molecular complexity index is 688. The van der Waals surface area contributed by atoms with E-state index in [9.17, 15) is 14.7 Å². The summed E-state index contributed by atoms with van der Waals surface area (Å²) in [5.74, 6) is 1.18. The van der Waals surface area contributed by atoms with Crippen LogP contribution in [0.25, 0.3) is 0 Å². The first-order valence-corrected chi connectivity index (χ1v) is 9.85. The van der Waals surface area contributed by atoms with Gasteiger partial charge in [-0.3, -0.25) is 0 Å². The van der Waals surface area contributed by atoms with E-state index in [-0.39, 0.29) is 12.1 Å². The van der Waals surface area contributed by atoms with Gasteiger partial charge in [0.2, 0.25) is 0 Å². The van der Waals surface area contributed by atoms with Crippen LogP contribution >= 0.6 is 0 Å². The van der Waals surface area contributed by atoms with E-state index >= 15 is 0 Å². The number of aliphatic carboxylic acids is 1. The molecule has 3 atom stereocenters. The number of rotatable bonds is 3. The summed E-state index contributed by atoms with van der Waals surface area (Å²) in [6, 6.07) is -0.934. The Morgan fingerprint density at radius 2 is 1.96 bits per heavy atom. The lowest BCUT2D eigenvalue weighted by Gasteiger charge is -2.32. The van der Waals surface area contributed by atoms with Crippen LogP contribution in [0.1, 0.15) is 63.0 Å². The second-order valence-corrected chi connectivity index (χ2v) is 7.76. The van der Waals surface area contributed by atoms with Crippen LogP contribution in [0.5, 0.6) is 0 Å². The quantitative estimate of drug-likeness (QED) is 0.857. The summed E-state index contributed by atoms with van der Waals surface area (Å²) in [6.45, 7) is 1.19. The van der Waals surface area contributed by atoms with E-state index in [2.05, 4.69) is 20.1 Å². The van der Waals surface area contributed by atoms with Crippen LogP contribution in [0.15, 0.2) is 0 Å². The average molecular weight is 361 g/mol. The fourth-order valence-electron chi connectivity index (χ4n) is 4.89. The third-order valence-corrected chi connectivity index (χ3v) is 6.19. The zero-order chi connectivity index (χ0) is 18.1. The number of likely N-dealkylation sites (tertiary alicyclic amines) is 1. The van der Waals surface area contributed by atoms with Gasteiger partial charge in [0.05, 0.1) is 6.54 Å². The number of aryl methyl sites for hydroxylation is 1. The summed E-state index contributed by atoms with van der Waals surface area (Å²) in [5, 5.41) is 21.0. The molecular formula is C18H27N5O3. The van der Waals surface area contributed by atoms with Crippen molar-refractivity contribution in [3.63, 3.8) is 0 Å². The molecule has 0 bridgehead atoms. The van der Waals surface area contributed by atoms with Gasteiger partial charge in [0.15, 0.2) is 5.82 Å². The first-order chi connectivity index (χ1) is 12.6. The number of urea groups is 1. The maximum atomic E-state index is 12.8. The van der Waals surface area contributed by atoms with E-state index in [0.29, 0.717) is 18.9 Å². The van der Waals surface area contributed by atoms with Crippen molar-refractivity contribution in [1.29, 1.82) is 0 Å². The molecule has 3 unspecified atom stereocenters. The van der Waals surface area contributed by atoms with Gasteiger partial charge in [-0.15, -0.1) is 10.2 Å². The van der Waals surface area contributed by atoms with Crippen LogP contribution in [0.2, 0.25) is 0 Å². The molecule has 142 valence electrons. The number of carboxylic acids is 1. The summed E-state index contributed by atoms with van der Waals surface area (Å²) in [5.41, 5.74) is 0. The van der Waals surface area contributed by atoms with E-state index in [1.807, 2.05) is 0 Å². The first kappa shape index (κ1) is 17.3. The van der Waals surface area contributed by atoms with Gasteiger partial charge in [0.1, 0.15) is 11.9 Å². The van der Waals surface area contributed by atoms with E-state index in [1.165, 1.54) is 6.42 Å². The molecule has 2 amide bonds. The van der Waals surface area contributed by atoms with Gasteiger partial charge in [-0.25, -0.2) is 9.59 Å². The summed E-state index contributed by atoms with van der Waals surface area (Å²) < 4.78 is 2.11. The molecule has 2 aliphatic heterocycles. The standard InChI is InChI=1S/C18H27N5O3/c24-17(25)14-10-12-6-3-4-7-13(12)23(14)18(26)19-11-16-21-20-15-8-2-1-5-9-22(15)16/h12-14H,1-11H2,(H,19,26)(H,24,25). The minimum absolute atomic E-state index is 0.0559. The predicted octanol–water partition coefficient (Wildman–Crippen LogP) is 1.93. The van der Waals surface area contributed by atoms with Crippen LogP contribution in [-0.4, -0.2) is 48.9 Å². The highest BCUT2D eigenvalue weighted by atomic mass is 16.4. The van der Waals surface area contributed by atoms with Crippen molar-refractivity contribution >= 4 is 12.0 Å². The van der Waals surface area contributed by atoms with Crippen molar-refractivity contribution < 1.29 is 14.7 Å². The second kappa shape index (κ2) is 7.25. The molecule has 0 aromatic carbocycles. The monoisotopic (exact) mass is 361 g/mol. The number of hydrogen-bond donors (Lipinski definition) is 2. The van der Waals surface area contributed by atoms with Crippen molar-refractivity contribution in [2.75, 3.05) is 0 Å². The minimum Gasteiger partial charge on any atom is -0.480 e. The number of fused-ring (bicyclic) bond motifs is 2. The molecule has 1 aromatic rings. The van der Waals surface area contributed by atoms with Crippen LogP contribution in [0, 0.1) is 5.92 Å². The Hall–Kier alpha value is -2.12. The number of carbonyl (C=O) groups is 2. The van der Waals surface area contributed by atoms with Gasteiger partial charge in [-0.1, -0.05) is 19.3 Å². The third kappa shape index (κ3) is 3.17. The van der Waals surface area contributed by atoms with Gasteiger partial charge in [0, 0.05) is 19.0 Å². The molecule has 8 nitrogen and oxygen atoms in total. The van der Waals surface area contributed by atoms with Gasteiger partial charge in [-0.2, -0.15) is 0 Å². The van der Waals surface area contributed by atoms with E-state index in [4.69, 9.17) is 0 Å². The van der Waals surface area contributed by atoms with Gasteiger partial charge >= 0.3 is 12.0 Å². The summed E-state index contributed by atoms with van der Waals surface area (Å²) in [4.78, 5) is 26.1. The van der Waals surface area contributed by atoms with Gasteiger partial charge in [-0.05, 0) is 38.0 Å². The molecule has 0 radical (unpaired) electrons. The van der Waals surface area contributed by atoms with Crippen LogP contribution in [0.3, 0.4) is 0 Å². The summed E-state index contributed by atoms with van der Waals surface area (Å²) in [6.07, 6.45) is 9.05. The molecule has 1 saturated heterocycles. The van der Waals surface area contributed by atoms with Crippen molar-refractivity contribution in [1.82, 2.24) is 25.0 Å². The average Bonchev–Trinajstić information content (AvgIpc) is 3.13. The molecule has 2 fully saturated rings. The number of aromatic nitrogens is 3. The van der Waals surface area contributed by atoms with Gasteiger partial charge < -0.3 is 19.9 Å². The largest absolute Gasteiger partial charge is 0.480 e. The summed E-state index contributed by atoms with van der Waals surface area (Å²) in [7, 11) is 0. The Morgan fingerprint density at radius 1 is 1.12 bits per heavy atom. The fourth-order valence-corrected chi connectivity index (χ4v) is 4.89. The molecule has 8 heteroatoms. The Morgan fingerprint density at radius 3 is 2.81 bits per heavy atom. The highest BCUT2D eigenvalue weighted by molar-refractivity contribution is 5.83. The molecule has 26 heavy (non-hydrogen) atoms. The lowest BCUT2D eigenvalue weighted by atomic mass is 9.85. The number of nitrogens with zero attached hydrogens (tertiary/aromatic N) is 4. The SMILES string of the molecule is O=C(O)C1CC2CCCCC2N1C(=O)NCc1nnc2n1CCCCC2. The number of carboxylic acid groups (broad SMARTS) is 1. The molecule has 3 aliphatic rings. The van der Waals surface area contributed by atoms with Crippen LogP contribution < -0.4 is 5.32 Å². The van der Waals surface area contributed by atoms with E-state index in [1.54, 1.807) is 4.90 Å². The third-order valence-electron chi connectivity index (χ3n) is 6.19. The Balaban J connectivity index is 1.45. The second-order valence-electron chi connectivity index (χ2n) is 7.76. The summed E-state index contributed by atoms with van der Waals surface area (Å²) >= 11 is 0. The lowest BCUT2D eigenvalue weighted by Crippen LogP contribution is -2.50. The maximum Gasteiger partial charge on any atom is 0.326 e. The van der Waals surface area contributed by atoms with Crippen molar-refractivity contribution in [3.05, 3.63) is 11.6 Å². The zero-order valence-corrected chi connectivity index (χ0v) is 15.1. The fraction of sp³-hybridized carbons (Fsp3) is 0.778. The minimum atomic E-state index is -0.897. The molecule has 1 aromatic heterocycles. The first-order valence-electron chi connectivity index (χ1n) is 9.85. The zero-order valence-electron chi connectivity index (χ0n) is 15.1. The number of nitrogens with one attached hydrogen (secondary N) is 1. The molecule has 1 aliphatic carbocycles. The molecule has 3 heterocycles. The van der Waals surface area contributed by atoms with Gasteiger partial charge in [0.25, 0.3) is 0 Å². The maximum absolute atomic E-state index is 12.8. The van der Waals surface area contributed by atoms with Crippen LogP contribution in [0.4, 0.5) is 4.79 Å². The predicted molar refractivity (Wildman–Crippen MR) is 93.4 cm³/mol. The molecule has 0 spiro atoms. The van der Waals surface area contributed by atoms with E-state index < -0.39 is 12.0 Å². The topological polar surface area (TPSA) is 100 Å².